The first kappa shape index (κ1) is 21.0. The van der Waals surface area contributed by atoms with Gasteiger partial charge in [-0.2, -0.15) is 13.2 Å². The highest BCUT2D eigenvalue weighted by Gasteiger charge is 2.52. The SMILES string of the molecule is CC(C)C(C)NC(=O)CN1C[C@@H](C(F)(F)F)[C@H](C(=O)O)C1.Cl. The number of nitrogens with one attached hydrogen (secondary N) is 1. The number of carboxylic acid groups (broad SMARTS) is 1. The molecule has 130 valence electrons. The zero-order valence-electron chi connectivity index (χ0n) is 12.7. The quantitative estimate of drug-likeness (QED) is 0.796. The number of aliphatic carboxylic acids is 1. The van der Waals surface area contributed by atoms with Crippen molar-refractivity contribution in [1.29, 1.82) is 0 Å². The highest BCUT2D eigenvalue weighted by atomic mass is 35.5. The number of halogens is 4. The average Bonchev–Trinajstić information content (AvgIpc) is 2.72. The summed E-state index contributed by atoms with van der Waals surface area (Å²) in [6.45, 7) is 4.72. The highest BCUT2D eigenvalue weighted by Crippen LogP contribution is 2.37. The fourth-order valence-corrected chi connectivity index (χ4v) is 2.27. The third-order valence-electron chi connectivity index (χ3n) is 3.89. The lowest BCUT2D eigenvalue weighted by molar-refractivity contribution is -0.188. The van der Waals surface area contributed by atoms with E-state index in [4.69, 9.17) is 5.11 Å². The van der Waals surface area contributed by atoms with Gasteiger partial charge in [0.1, 0.15) is 0 Å². The van der Waals surface area contributed by atoms with Crippen molar-refractivity contribution in [3.63, 3.8) is 0 Å². The maximum absolute atomic E-state index is 12.8. The second kappa shape index (κ2) is 8.01. The molecule has 0 radical (unpaired) electrons. The van der Waals surface area contributed by atoms with E-state index in [1.807, 2.05) is 20.8 Å². The van der Waals surface area contributed by atoms with Gasteiger partial charge in [-0.3, -0.25) is 14.5 Å². The molecule has 0 aliphatic carbocycles. The number of carbonyl (C=O) groups is 2. The molecule has 0 aromatic carbocycles. The van der Waals surface area contributed by atoms with Gasteiger partial charge in [0.2, 0.25) is 5.91 Å². The van der Waals surface area contributed by atoms with Crippen LogP contribution in [-0.4, -0.2) is 53.7 Å². The van der Waals surface area contributed by atoms with Crippen LogP contribution in [0, 0.1) is 17.8 Å². The molecule has 2 N–H and O–H groups in total. The smallest absolute Gasteiger partial charge is 0.393 e. The molecular weight excluding hydrogens is 325 g/mol. The number of hydrogen-bond donors (Lipinski definition) is 2. The summed E-state index contributed by atoms with van der Waals surface area (Å²) < 4.78 is 38.4. The monoisotopic (exact) mass is 346 g/mol. The van der Waals surface area contributed by atoms with Crippen LogP contribution in [0.1, 0.15) is 20.8 Å². The van der Waals surface area contributed by atoms with Crippen LogP contribution in [0.15, 0.2) is 0 Å². The van der Waals surface area contributed by atoms with Crippen LogP contribution in [-0.2, 0) is 9.59 Å². The van der Waals surface area contributed by atoms with Gasteiger partial charge in [0, 0.05) is 19.1 Å². The minimum atomic E-state index is -4.57. The van der Waals surface area contributed by atoms with Crippen molar-refractivity contribution in [2.24, 2.45) is 17.8 Å². The molecule has 1 aliphatic heterocycles. The van der Waals surface area contributed by atoms with E-state index in [1.54, 1.807) is 0 Å². The molecule has 1 saturated heterocycles. The van der Waals surface area contributed by atoms with E-state index in [0.717, 1.165) is 0 Å². The second-order valence-electron chi connectivity index (χ2n) is 5.89. The lowest BCUT2D eigenvalue weighted by Crippen LogP contribution is -2.42. The Balaban J connectivity index is 0.00000441. The number of nitrogens with zero attached hydrogens (tertiary/aromatic N) is 1. The lowest BCUT2D eigenvalue weighted by atomic mass is 9.96. The molecule has 0 aromatic rings. The predicted octanol–water partition coefficient (Wildman–Crippen LogP) is 1.76. The largest absolute Gasteiger partial charge is 0.481 e. The summed E-state index contributed by atoms with van der Waals surface area (Å²) in [7, 11) is 0. The number of amides is 1. The lowest BCUT2D eigenvalue weighted by Gasteiger charge is -2.21. The number of rotatable bonds is 5. The number of hydrogen-bond acceptors (Lipinski definition) is 3. The van der Waals surface area contributed by atoms with E-state index in [2.05, 4.69) is 5.32 Å². The first-order chi connectivity index (χ1) is 9.52. The minimum absolute atomic E-state index is 0. The highest BCUT2D eigenvalue weighted by molar-refractivity contribution is 5.85. The zero-order valence-corrected chi connectivity index (χ0v) is 13.5. The minimum Gasteiger partial charge on any atom is -0.481 e. The molecule has 0 bridgehead atoms. The van der Waals surface area contributed by atoms with Crippen LogP contribution in [0.25, 0.3) is 0 Å². The van der Waals surface area contributed by atoms with Crippen LogP contribution in [0.2, 0.25) is 0 Å². The molecule has 9 heteroatoms. The summed E-state index contributed by atoms with van der Waals surface area (Å²) in [5.41, 5.74) is 0. The van der Waals surface area contributed by atoms with Crippen LogP contribution in [0.5, 0.6) is 0 Å². The van der Waals surface area contributed by atoms with Gasteiger partial charge >= 0.3 is 12.1 Å². The van der Waals surface area contributed by atoms with Crippen molar-refractivity contribution in [3.05, 3.63) is 0 Å². The van der Waals surface area contributed by atoms with Crippen molar-refractivity contribution in [3.8, 4) is 0 Å². The Hall–Kier alpha value is -1.02. The van der Waals surface area contributed by atoms with Crippen LogP contribution in [0.3, 0.4) is 0 Å². The first-order valence-corrected chi connectivity index (χ1v) is 6.83. The van der Waals surface area contributed by atoms with E-state index in [-0.39, 0.29) is 43.4 Å². The van der Waals surface area contributed by atoms with Gasteiger partial charge in [0.25, 0.3) is 0 Å². The van der Waals surface area contributed by atoms with Crippen molar-refractivity contribution in [2.45, 2.75) is 33.0 Å². The van der Waals surface area contributed by atoms with Gasteiger partial charge < -0.3 is 10.4 Å². The summed E-state index contributed by atoms with van der Waals surface area (Å²) in [5, 5.41) is 11.6. The maximum Gasteiger partial charge on any atom is 0.393 e. The predicted molar refractivity (Wildman–Crippen MR) is 76.8 cm³/mol. The molecule has 3 atom stereocenters. The maximum atomic E-state index is 12.8. The Morgan fingerprint density at radius 1 is 1.27 bits per heavy atom. The Kier molecular flexibility index (Phi) is 7.64. The van der Waals surface area contributed by atoms with Gasteiger partial charge in [0.05, 0.1) is 18.4 Å². The van der Waals surface area contributed by atoms with Crippen molar-refractivity contribution < 1.29 is 27.9 Å². The van der Waals surface area contributed by atoms with Gasteiger partial charge in [-0.15, -0.1) is 12.4 Å². The first-order valence-electron chi connectivity index (χ1n) is 6.83. The molecular formula is C13H22ClF3N2O3. The van der Waals surface area contributed by atoms with Crippen LogP contribution in [0.4, 0.5) is 13.2 Å². The number of alkyl halides is 3. The average molecular weight is 347 g/mol. The van der Waals surface area contributed by atoms with Gasteiger partial charge in [-0.25, -0.2) is 0 Å². The number of carbonyl (C=O) groups excluding carboxylic acids is 1. The molecule has 1 fully saturated rings. The fraction of sp³-hybridized carbons (Fsp3) is 0.846. The second-order valence-corrected chi connectivity index (χ2v) is 5.89. The van der Waals surface area contributed by atoms with Crippen molar-refractivity contribution in [1.82, 2.24) is 10.2 Å². The van der Waals surface area contributed by atoms with Crippen molar-refractivity contribution >= 4 is 24.3 Å². The molecule has 1 heterocycles. The molecule has 0 saturated carbocycles. The fourth-order valence-electron chi connectivity index (χ4n) is 2.27. The Bertz CT molecular complexity index is 404. The normalized spacial score (nSPS) is 24.0. The molecule has 1 rings (SSSR count). The molecule has 22 heavy (non-hydrogen) atoms. The number of carboxylic acids is 1. The standard InChI is InChI=1S/C13H21F3N2O3.ClH/c1-7(2)8(3)17-11(19)6-18-4-9(12(20)21)10(5-18)13(14,15)16;/h7-10H,4-6H2,1-3H3,(H,17,19)(H,20,21);1H/t8?,9-,10-;/m1./s1. The summed E-state index contributed by atoms with van der Waals surface area (Å²) in [4.78, 5) is 23.9. The molecule has 1 aliphatic rings. The molecule has 0 spiro atoms. The summed E-state index contributed by atoms with van der Waals surface area (Å²) in [6, 6.07) is -0.0891. The Morgan fingerprint density at radius 2 is 1.82 bits per heavy atom. The molecule has 1 amide bonds. The van der Waals surface area contributed by atoms with E-state index in [9.17, 15) is 22.8 Å². The third-order valence-corrected chi connectivity index (χ3v) is 3.89. The van der Waals surface area contributed by atoms with Gasteiger partial charge in [0.15, 0.2) is 0 Å². The van der Waals surface area contributed by atoms with Gasteiger partial charge in [-0.1, -0.05) is 13.8 Å². The summed E-state index contributed by atoms with van der Waals surface area (Å²) in [6.07, 6.45) is -4.57. The van der Waals surface area contributed by atoms with E-state index in [1.165, 1.54) is 4.90 Å². The molecule has 0 aromatic heterocycles. The Labute approximate surface area is 133 Å². The van der Waals surface area contributed by atoms with Crippen molar-refractivity contribution in [2.75, 3.05) is 19.6 Å². The Morgan fingerprint density at radius 3 is 2.18 bits per heavy atom. The summed E-state index contributed by atoms with van der Waals surface area (Å²) in [5.74, 6) is -5.09. The van der Waals surface area contributed by atoms with E-state index < -0.39 is 30.5 Å². The number of likely N-dealkylation sites (tertiary alicyclic amines) is 1. The topological polar surface area (TPSA) is 69.6 Å². The van der Waals surface area contributed by atoms with E-state index >= 15 is 0 Å². The zero-order chi connectivity index (χ0) is 16.4. The molecule has 5 nitrogen and oxygen atoms in total. The van der Waals surface area contributed by atoms with Crippen LogP contribution < -0.4 is 5.32 Å². The summed E-state index contributed by atoms with van der Waals surface area (Å²) >= 11 is 0. The van der Waals surface area contributed by atoms with Gasteiger partial charge in [-0.05, 0) is 12.8 Å². The third kappa shape index (κ3) is 5.64. The van der Waals surface area contributed by atoms with E-state index in [0.29, 0.717) is 0 Å². The molecule has 1 unspecified atom stereocenters. The van der Waals surface area contributed by atoms with Crippen LogP contribution >= 0.6 is 12.4 Å².